The highest BCUT2D eigenvalue weighted by Gasteiger charge is 2.40. The van der Waals surface area contributed by atoms with Crippen LogP contribution >= 0.6 is 7.60 Å². The lowest BCUT2D eigenvalue weighted by Gasteiger charge is -2.34. The lowest BCUT2D eigenvalue weighted by molar-refractivity contribution is 0.00993. The Morgan fingerprint density at radius 1 is 1.38 bits per heavy atom. The highest BCUT2D eigenvalue weighted by atomic mass is 31.2. The molecule has 0 spiro atoms. The Morgan fingerprint density at radius 3 is 2.50 bits per heavy atom. The van der Waals surface area contributed by atoms with E-state index in [0.29, 0.717) is 6.42 Å². The summed E-state index contributed by atoms with van der Waals surface area (Å²) in [4.78, 5) is 15.8. The summed E-state index contributed by atoms with van der Waals surface area (Å²) in [5.74, 6) is 0.111. The molecular formula is C16H26N3O6P. The van der Waals surface area contributed by atoms with Crippen molar-refractivity contribution in [3.63, 3.8) is 0 Å². The number of allylic oxidation sites excluding steroid dienone is 1. The van der Waals surface area contributed by atoms with Gasteiger partial charge in [-0.25, -0.2) is 4.79 Å². The molecule has 1 aromatic heterocycles. The molecule has 0 aromatic carbocycles. The van der Waals surface area contributed by atoms with Crippen LogP contribution in [-0.2, 0) is 18.3 Å². The number of aromatic nitrogens is 2. The van der Waals surface area contributed by atoms with Gasteiger partial charge in [0.05, 0.1) is 24.9 Å². The number of aliphatic hydroxyl groups is 1. The van der Waals surface area contributed by atoms with E-state index in [1.54, 1.807) is 33.8 Å². The molecule has 2 heterocycles. The van der Waals surface area contributed by atoms with Gasteiger partial charge in [-0.15, -0.1) is 0 Å². The van der Waals surface area contributed by atoms with Gasteiger partial charge < -0.3 is 24.6 Å². The second-order valence-electron chi connectivity index (χ2n) is 6.53. The van der Waals surface area contributed by atoms with Crippen LogP contribution in [0.4, 0.5) is 5.82 Å². The van der Waals surface area contributed by atoms with Crippen molar-refractivity contribution in [3.8, 4) is 0 Å². The number of hydrogen-bond acceptors (Lipinski definition) is 8. The molecule has 2 atom stereocenters. The molecule has 0 saturated heterocycles. The summed E-state index contributed by atoms with van der Waals surface area (Å²) in [6.45, 7) is 6.58. The maximum Gasteiger partial charge on any atom is 0.395 e. The molecule has 0 unspecified atom stereocenters. The lowest BCUT2D eigenvalue weighted by atomic mass is 10.1. The monoisotopic (exact) mass is 387 g/mol. The lowest BCUT2D eigenvalue weighted by Crippen LogP contribution is -2.38. The normalized spacial score (nSPS) is 21.0. The van der Waals surface area contributed by atoms with E-state index in [-0.39, 0.29) is 30.1 Å². The van der Waals surface area contributed by atoms with Crippen molar-refractivity contribution in [2.75, 3.05) is 12.3 Å². The van der Waals surface area contributed by atoms with Crippen molar-refractivity contribution >= 4 is 13.4 Å². The van der Waals surface area contributed by atoms with E-state index in [1.807, 2.05) is 0 Å². The molecule has 0 fully saturated rings. The Morgan fingerprint density at radius 2 is 2.00 bits per heavy atom. The van der Waals surface area contributed by atoms with Crippen molar-refractivity contribution in [3.05, 3.63) is 34.3 Å². The summed E-state index contributed by atoms with van der Waals surface area (Å²) in [6, 6.07) is 0.972. The summed E-state index contributed by atoms with van der Waals surface area (Å²) in [7, 11) is -3.69. The highest BCUT2D eigenvalue weighted by molar-refractivity contribution is 7.58. The van der Waals surface area contributed by atoms with E-state index >= 15 is 0 Å². The minimum absolute atomic E-state index is 0.0478. The molecule has 0 radical (unpaired) electrons. The highest BCUT2D eigenvalue weighted by Crippen LogP contribution is 2.60. The van der Waals surface area contributed by atoms with Crippen LogP contribution < -0.4 is 11.4 Å². The largest absolute Gasteiger partial charge is 0.478 e. The third-order valence-electron chi connectivity index (χ3n) is 3.59. The predicted octanol–water partition coefficient (Wildman–Crippen LogP) is 2.03. The molecule has 3 N–H and O–H groups in total. The van der Waals surface area contributed by atoms with Gasteiger partial charge in [-0.1, -0.05) is 0 Å². The van der Waals surface area contributed by atoms with Gasteiger partial charge >= 0.3 is 13.3 Å². The second kappa shape index (κ2) is 8.35. The van der Waals surface area contributed by atoms with Crippen LogP contribution in [0, 0.1) is 0 Å². The molecule has 1 aliphatic heterocycles. The molecule has 10 heteroatoms. The maximum atomic E-state index is 13.2. The Bertz CT molecular complexity index is 747. The zero-order valence-electron chi connectivity index (χ0n) is 15.4. The molecule has 9 nitrogen and oxygen atoms in total. The predicted molar refractivity (Wildman–Crippen MR) is 96.7 cm³/mol. The van der Waals surface area contributed by atoms with Crippen LogP contribution in [0.3, 0.4) is 0 Å². The zero-order valence-corrected chi connectivity index (χ0v) is 16.3. The minimum atomic E-state index is -3.69. The number of aliphatic hydroxyl groups excluding tert-OH is 1. The summed E-state index contributed by atoms with van der Waals surface area (Å²) in [6.07, 6.45) is 1.86. The fourth-order valence-electron chi connectivity index (χ4n) is 2.65. The molecule has 146 valence electrons. The van der Waals surface area contributed by atoms with Crippen LogP contribution in [-0.4, -0.2) is 39.6 Å². The first kappa shape index (κ1) is 20.6. The van der Waals surface area contributed by atoms with Gasteiger partial charge in [-0.05, 0) is 46.3 Å². The second-order valence-corrected chi connectivity index (χ2v) is 8.39. The maximum absolute atomic E-state index is 13.2. The first-order chi connectivity index (χ1) is 12.2. The fourth-order valence-corrected chi connectivity index (χ4v) is 4.61. The number of hydrogen-bond donors (Lipinski definition) is 2. The molecule has 1 aromatic rings. The third-order valence-corrected chi connectivity index (χ3v) is 5.82. The van der Waals surface area contributed by atoms with E-state index in [0.717, 1.165) is 0 Å². The Balaban J connectivity index is 2.35. The topological polar surface area (TPSA) is 126 Å². The quantitative estimate of drug-likeness (QED) is 0.681. The van der Waals surface area contributed by atoms with E-state index in [2.05, 4.69) is 4.98 Å². The van der Waals surface area contributed by atoms with Crippen molar-refractivity contribution in [1.29, 1.82) is 0 Å². The van der Waals surface area contributed by atoms with Crippen molar-refractivity contribution < 1.29 is 23.5 Å². The summed E-state index contributed by atoms with van der Waals surface area (Å²) >= 11 is 0. The van der Waals surface area contributed by atoms with E-state index in [9.17, 15) is 14.5 Å². The van der Waals surface area contributed by atoms with E-state index in [4.69, 9.17) is 19.5 Å². The van der Waals surface area contributed by atoms with Crippen molar-refractivity contribution in [1.82, 2.24) is 9.55 Å². The first-order valence-electron chi connectivity index (χ1n) is 8.46. The Kier molecular flexibility index (Phi) is 6.63. The van der Waals surface area contributed by atoms with E-state index in [1.165, 1.54) is 16.8 Å². The number of nitrogens with two attached hydrogens (primary N) is 1. The summed E-state index contributed by atoms with van der Waals surface area (Å²) in [5, 5.41) is 9.73. The third kappa shape index (κ3) is 4.73. The number of nitrogens with zero attached hydrogens (tertiary/aromatic N) is 2. The van der Waals surface area contributed by atoms with Gasteiger partial charge in [0.2, 0.25) is 5.50 Å². The number of rotatable bonds is 7. The average Bonchev–Trinajstić information content (AvgIpc) is 2.53. The summed E-state index contributed by atoms with van der Waals surface area (Å²) in [5.41, 5.74) is 5.01. The van der Waals surface area contributed by atoms with Crippen molar-refractivity contribution in [2.45, 2.75) is 58.5 Å². The van der Waals surface area contributed by atoms with Crippen LogP contribution in [0.15, 0.2) is 28.6 Å². The SMILES string of the molecule is CC(C)OP(=O)(OC(C)C)C1=CC[C@@H](n2ccc(N)nc2=O)[C@@H](CO)O1. The van der Waals surface area contributed by atoms with Gasteiger partial charge in [-0.2, -0.15) is 4.98 Å². The molecule has 0 aliphatic carbocycles. The van der Waals surface area contributed by atoms with Gasteiger partial charge in [0.1, 0.15) is 11.9 Å². The van der Waals surface area contributed by atoms with Gasteiger partial charge in [0.15, 0.2) is 0 Å². The zero-order chi connectivity index (χ0) is 19.5. The van der Waals surface area contributed by atoms with E-state index < -0.39 is 25.4 Å². The van der Waals surface area contributed by atoms with Crippen LogP contribution in [0.1, 0.15) is 40.2 Å². The molecule has 0 saturated carbocycles. The van der Waals surface area contributed by atoms with Gasteiger partial charge in [0.25, 0.3) is 0 Å². The molecule has 0 amide bonds. The molecule has 1 aliphatic rings. The molecular weight excluding hydrogens is 361 g/mol. The van der Waals surface area contributed by atoms with Gasteiger partial charge in [0, 0.05) is 6.20 Å². The smallest absolute Gasteiger partial charge is 0.395 e. The molecule has 26 heavy (non-hydrogen) atoms. The van der Waals surface area contributed by atoms with Gasteiger partial charge in [-0.3, -0.25) is 9.13 Å². The standard InChI is InChI=1S/C16H26N3O6P/c1-10(2)24-26(22,25-11(3)4)15-6-5-12(13(9-20)23-15)19-8-7-14(17)18-16(19)21/h6-8,10-13,20H,5,9H2,1-4H3,(H2,17,18,21)/t12-,13-/m1/s1. The molecule has 0 bridgehead atoms. The average molecular weight is 387 g/mol. The number of ether oxygens (including phenoxy) is 1. The Labute approximate surface area is 152 Å². The molecule has 2 rings (SSSR count). The fraction of sp³-hybridized carbons (Fsp3) is 0.625. The van der Waals surface area contributed by atoms with Crippen LogP contribution in [0.5, 0.6) is 0 Å². The van der Waals surface area contributed by atoms with Crippen LogP contribution in [0.25, 0.3) is 0 Å². The first-order valence-corrected chi connectivity index (χ1v) is 10.00. The summed E-state index contributed by atoms with van der Waals surface area (Å²) < 4.78 is 31.3. The minimum Gasteiger partial charge on any atom is -0.478 e. The number of anilines is 1. The van der Waals surface area contributed by atoms with Crippen molar-refractivity contribution in [2.24, 2.45) is 0 Å². The number of nitrogen functional groups attached to an aromatic ring is 1. The van der Waals surface area contributed by atoms with Crippen LogP contribution in [0.2, 0.25) is 0 Å². The Hall–Kier alpha value is -1.67.